The van der Waals surface area contributed by atoms with E-state index >= 15 is 0 Å². The van der Waals surface area contributed by atoms with Gasteiger partial charge >= 0.3 is 0 Å². The van der Waals surface area contributed by atoms with Gasteiger partial charge in [0.15, 0.2) is 0 Å². The Bertz CT molecular complexity index is 378. The first kappa shape index (κ1) is 13.6. The SMILES string of the molecule is COc1ccc(O)c(CNCC2CCCCS2)c1. The fourth-order valence-corrected chi connectivity index (χ4v) is 3.44. The molecule has 100 valence electrons. The Balaban J connectivity index is 1.81. The van der Waals surface area contributed by atoms with E-state index in [9.17, 15) is 5.11 Å². The van der Waals surface area contributed by atoms with Crippen molar-refractivity contribution in [3.63, 3.8) is 0 Å². The number of thioether (sulfide) groups is 1. The zero-order valence-electron chi connectivity index (χ0n) is 10.8. The minimum Gasteiger partial charge on any atom is -0.508 e. The zero-order valence-corrected chi connectivity index (χ0v) is 11.6. The number of rotatable bonds is 5. The van der Waals surface area contributed by atoms with Crippen LogP contribution in [0.5, 0.6) is 11.5 Å². The number of aromatic hydroxyl groups is 1. The van der Waals surface area contributed by atoms with Gasteiger partial charge in [0, 0.05) is 23.9 Å². The minimum absolute atomic E-state index is 0.333. The standard InChI is InChI=1S/C14H21NO2S/c1-17-12-5-6-14(16)11(8-12)9-15-10-13-4-2-3-7-18-13/h5-6,8,13,15-16H,2-4,7,9-10H2,1H3. The molecule has 0 radical (unpaired) electrons. The minimum atomic E-state index is 0.333. The molecule has 18 heavy (non-hydrogen) atoms. The van der Waals surface area contributed by atoms with Crippen LogP contribution in [0.3, 0.4) is 0 Å². The maximum atomic E-state index is 9.77. The first-order chi connectivity index (χ1) is 8.79. The molecule has 0 spiro atoms. The van der Waals surface area contributed by atoms with Crippen molar-refractivity contribution in [1.29, 1.82) is 0 Å². The summed E-state index contributed by atoms with van der Waals surface area (Å²) in [6.45, 7) is 1.71. The molecule has 0 aliphatic carbocycles. The number of nitrogens with one attached hydrogen (secondary N) is 1. The number of hydrogen-bond donors (Lipinski definition) is 2. The van der Waals surface area contributed by atoms with E-state index in [1.54, 1.807) is 19.2 Å². The van der Waals surface area contributed by atoms with Crippen molar-refractivity contribution in [3.05, 3.63) is 23.8 Å². The molecule has 4 heteroatoms. The van der Waals surface area contributed by atoms with Crippen molar-refractivity contribution in [1.82, 2.24) is 5.32 Å². The molecule has 1 atom stereocenters. The van der Waals surface area contributed by atoms with Gasteiger partial charge < -0.3 is 15.2 Å². The average molecular weight is 267 g/mol. The van der Waals surface area contributed by atoms with Crippen LogP contribution >= 0.6 is 11.8 Å². The number of ether oxygens (including phenoxy) is 1. The van der Waals surface area contributed by atoms with E-state index in [2.05, 4.69) is 17.1 Å². The van der Waals surface area contributed by atoms with Crippen LogP contribution in [0.4, 0.5) is 0 Å². The van der Waals surface area contributed by atoms with Crippen LogP contribution in [-0.2, 0) is 6.54 Å². The zero-order chi connectivity index (χ0) is 12.8. The largest absolute Gasteiger partial charge is 0.508 e. The molecular weight excluding hydrogens is 246 g/mol. The van der Waals surface area contributed by atoms with Gasteiger partial charge in [-0.3, -0.25) is 0 Å². The van der Waals surface area contributed by atoms with E-state index in [1.807, 2.05) is 6.07 Å². The number of methoxy groups -OCH3 is 1. The van der Waals surface area contributed by atoms with Gasteiger partial charge in [0.25, 0.3) is 0 Å². The summed E-state index contributed by atoms with van der Waals surface area (Å²) in [6, 6.07) is 5.34. The number of phenols is 1. The van der Waals surface area contributed by atoms with Gasteiger partial charge in [0.2, 0.25) is 0 Å². The Morgan fingerprint density at radius 1 is 1.44 bits per heavy atom. The highest BCUT2D eigenvalue weighted by Crippen LogP contribution is 2.25. The van der Waals surface area contributed by atoms with Crippen LogP contribution in [-0.4, -0.2) is 29.8 Å². The Morgan fingerprint density at radius 2 is 2.33 bits per heavy atom. The van der Waals surface area contributed by atoms with Gasteiger partial charge in [-0.2, -0.15) is 11.8 Å². The Kier molecular flexibility index (Phi) is 5.20. The summed E-state index contributed by atoms with van der Waals surface area (Å²) in [7, 11) is 1.64. The van der Waals surface area contributed by atoms with E-state index in [0.717, 1.165) is 23.1 Å². The molecule has 1 saturated heterocycles. The maximum absolute atomic E-state index is 9.77. The molecule has 1 aliphatic heterocycles. The second-order valence-corrected chi connectivity index (χ2v) is 6.02. The summed E-state index contributed by atoms with van der Waals surface area (Å²) >= 11 is 2.06. The molecular formula is C14H21NO2S. The lowest BCUT2D eigenvalue weighted by Gasteiger charge is -2.21. The predicted molar refractivity (Wildman–Crippen MR) is 76.5 cm³/mol. The van der Waals surface area contributed by atoms with Crippen molar-refractivity contribution in [2.24, 2.45) is 0 Å². The fourth-order valence-electron chi connectivity index (χ4n) is 2.17. The predicted octanol–water partition coefficient (Wildman–Crippen LogP) is 2.78. The molecule has 2 rings (SSSR count). The van der Waals surface area contributed by atoms with Gasteiger partial charge in [-0.1, -0.05) is 6.42 Å². The van der Waals surface area contributed by atoms with Crippen molar-refractivity contribution in [2.75, 3.05) is 19.4 Å². The molecule has 1 unspecified atom stereocenters. The Labute approximate surface area is 113 Å². The molecule has 0 bridgehead atoms. The molecule has 2 N–H and O–H groups in total. The summed E-state index contributed by atoms with van der Waals surface area (Å²) < 4.78 is 5.16. The van der Waals surface area contributed by atoms with Crippen LogP contribution < -0.4 is 10.1 Å². The lowest BCUT2D eigenvalue weighted by Crippen LogP contribution is -2.26. The van der Waals surface area contributed by atoms with E-state index in [-0.39, 0.29) is 0 Å². The summed E-state index contributed by atoms with van der Waals surface area (Å²) in [5.41, 5.74) is 0.898. The highest BCUT2D eigenvalue weighted by atomic mass is 32.2. The molecule has 1 aromatic rings. The normalized spacial score (nSPS) is 19.7. The molecule has 0 aromatic heterocycles. The van der Waals surface area contributed by atoms with Gasteiger partial charge in [-0.25, -0.2) is 0 Å². The smallest absolute Gasteiger partial charge is 0.120 e. The molecule has 1 fully saturated rings. The topological polar surface area (TPSA) is 41.5 Å². The summed E-state index contributed by atoms with van der Waals surface area (Å²) in [4.78, 5) is 0. The van der Waals surface area contributed by atoms with E-state index in [4.69, 9.17) is 4.74 Å². The van der Waals surface area contributed by atoms with Crippen LogP contribution in [0.2, 0.25) is 0 Å². The van der Waals surface area contributed by atoms with Crippen molar-refractivity contribution in [2.45, 2.75) is 31.1 Å². The Morgan fingerprint density at radius 3 is 3.06 bits per heavy atom. The number of phenolic OH excluding ortho intramolecular Hbond substituents is 1. The van der Waals surface area contributed by atoms with Gasteiger partial charge in [0.1, 0.15) is 11.5 Å². The van der Waals surface area contributed by atoms with Gasteiger partial charge in [0.05, 0.1) is 7.11 Å². The first-order valence-electron chi connectivity index (χ1n) is 6.48. The van der Waals surface area contributed by atoms with Crippen LogP contribution in [0, 0.1) is 0 Å². The van der Waals surface area contributed by atoms with Crippen molar-refractivity contribution in [3.8, 4) is 11.5 Å². The van der Waals surface area contributed by atoms with Crippen molar-refractivity contribution >= 4 is 11.8 Å². The molecule has 3 nitrogen and oxygen atoms in total. The third-order valence-corrected chi connectivity index (χ3v) is 4.65. The fraction of sp³-hybridized carbons (Fsp3) is 0.571. The second-order valence-electron chi connectivity index (χ2n) is 4.61. The van der Waals surface area contributed by atoms with Crippen molar-refractivity contribution < 1.29 is 9.84 Å². The van der Waals surface area contributed by atoms with Crippen LogP contribution in [0.25, 0.3) is 0 Å². The van der Waals surface area contributed by atoms with Crippen LogP contribution in [0.1, 0.15) is 24.8 Å². The lowest BCUT2D eigenvalue weighted by atomic mass is 10.1. The molecule has 1 aliphatic rings. The highest BCUT2D eigenvalue weighted by molar-refractivity contribution is 7.99. The summed E-state index contributed by atoms with van der Waals surface area (Å²) in [5.74, 6) is 2.41. The second kappa shape index (κ2) is 6.90. The van der Waals surface area contributed by atoms with E-state index < -0.39 is 0 Å². The molecule has 1 aromatic carbocycles. The third kappa shape index (κ3) is 3.82. The van der Waals surface area contributed by atoms with E-state index in [1.165, 1.54) is 25.0 Å². The molecule has 0 saturated carbocycles. The molecule has 1 heterocycles. The summed E-state index contributed by atoms with van der Waals surface area (Å²) in [5, 5.41) is 13.9. The average Bonchev–Trinajstić information content (AvgIpc) is 2.42. The Hall–Kier alpha value is -0.870. The quantitative estimate of drug-likeness (QED) is 0.861. The lowest BCUT2D eigenvalue weighted by molar-refractivity contribution is 0.410. The maximum Gasteiger partial charge on any atom is 0.120 e. The third-order valence-electron chi connectivity index (χ3n) is 3.25. The first-order valence-corrected chi connectivity index (χ1v) is 7.52. The number of benzene rings is 1. The monoisotopic (exact) mass is 267 g/mol. The van der Waals surface area contributed by atoms with Gasteiger partial charge in [-0.15, -0.1) is 0 Å². The molecule has 0 amide bonds. The number of hydrogen-bond acceptors (Lipinski definition) is 4. The highest BCUT2D eigenvalue weighted by Gasteiger charge is 2.13. The van der Waals surface area contributed by atoms with Crippen LogP contribution in [0.15, 0.2) is 18.2 Å². The summed E-state index contributed by atoms with van der Waals surface area (Å²) in [6.07, 6.45) is 4.02. The van der Waals surface area contributed by atoms with Gasteiger partial charge in [-0.05, 0) is 36.8 Å². The van der Waals surface area contributed by atoms with E-state index in [0.29, 0.717) is 12.3 Å².